The lowest BCUT2D eigenvalue weighted by Gasteiger charge is -2.23. The Labute approximate surface area is 120 Å². The average molecular weight is 272 g/mol. The molecule has 1 aliphatic rings. The molecule has 0 saturated heterocycles. The highest BCUT2D eigenvalue weighted by atomic mass is 16.3. The molecule has 1 aromatic carbocycles. The lowest BCUT2D eigenvalue weighted by Crippen LogP contribution is -2.19. The Bertz CT molecular complexity index is 569. The summed E-state index contributed by atoms with van der Waals surface area (Å²) in [4.78, 5) is 4.65. The van der Waals surface area contributed by atoms with Crippen LogP contribution in [0.5, 0.6) is 0 Å². The molecule has 3 rings (SSSR count). The van der Waals surface area contributed by atoms with Gasteiger partial charge in [0.15, 0.2) is 0 Å². The van der Waals surface area contributed by atoms with E-state index in [0.29, 0.717) is 12.3 Å². The molecule has 108 valence electrons. The van der Waals surface area contributed by atoms with Crippen molar-refractivity contribution in [3.8, 4) is 0 Å². The summed E-state index contributed by atoms with van der Waals surface area (Å²) in [5.74, 6) is 1.71. The van der Waals surface area contributed by atoms with Gasteiger partial charge in [0.25, 0.3) is 0 Å². The topological polar surface area (TPSA) is 38.0 Å². The molecule has 0 aliphatic heterocycles. The Morgan fingerprint density at radius 3 is 2.75 bits per heavy atom. The first-order valence-corrected chi connectivity index (χ1v) is 7.82. The number of hydrogen-bond donors (Lipinski definition) is 1. The summed E-state index contributed by atoms with van der Waals surface area (Å²) in [5.41, 5.74) is 2.17. The lowest BCUT2D eigenvalue weighted by atomic mass is 9.85. The highest BCUT2D eigenvalue weighted by Crippen LogP contribution is 2.28. The molecular formula is C17H24N2O. The molecule has 1 fully saturated rings. The van der Waals surface area contributed by atoms with Crippen LogP contribution in [0, 0.1) is 5.92 Å². The van der Waals surface area contributed by atoms with Crippen LogP contribution in [0.2, 0.25) is 0 Å². The molecule has 1 aliphatic carbocycles. The second kappa shape index (κ2) is 5.96. The van der Waals surface area contributed by atoms with E-state index in [1.54, 1.807) is 0 Å². The number of benzene rings is 1. The van der Waals surface area contributed by atoms with Gasteiger partial charge in [-0.25, -0.2) is 4.98 Å². The highest BCUT2D eigenvalue weighted by molar-refractivity contribution is 5.75. The second-order valence-electron chi connectivity index (χ2n) is 6.17. The number of nitrogens with zero attached hydrogens (tertiary/aromatic N) is 2. The maximum atomic E-state index is 10.4. The van der Waals surface area contributed by atoms with Crippen molar-refractivity contribution in [2.75, 3.05) is 0 Å². The lowest BCUT2D eigenvalue weighted by molar-refractivity contribution is 0.128. The van der Waals surface area contributed by atoms with Crippen LogP contribution < -0.4 is 0 Å². The molecule has 1 heterocycles. The van der Waals surface area contributed by atoms with E-state index in [0.717, 1.165) is 23.3 Å². The minimum Gasteiger partial charge on any atom is -0.393 e. The number of aromatic nitrogens is 2. The van der Waals surface area contributed by atoms with Crippen LogP contribution >= 0.6 is 0 Å². The molecule has 0 radical (unpaired) electrons. The van der Waals surface area contributed by atoms with E-state index in [9.17, 15) is 5.11 Å². The van der Waals surface area contributed by atoms with Crippen molar-refractivity contribution in [2.45, 2.75) is 51.0 Å². The van der Waals surface area contributed by atoms with E-state index >= 15 is 0 Å². The summed E-state index contributed by atoms with van der Waals surface area (Å²) in [6.45, 7) is 0. The van der Waals surface area contributed by atoms with Gasteiger partial charge in [-0.3, -0.25) is 0 Å². The van der Waals surface area contributed by atoms with Crippen LogP contribution in [0.3, 0.4) is 0 Å². The van der Waals surface area contributed by atoms with Crippen molar-refractivity contribution in [1.82, 2.24) is 9.55 Å². The summed E-state index contributed by atoms with van der Waals surface area (Å²) in [7, 11) is 2.04. The van der Waals surface area contributed by atoms with Crippen molar-refractivity contribution in [3.63, 3.8) is 0 Å². The Morgan fingerprint density at radius 1 is 1.25 bits per heavy atom. The zero-order valence-corrected chi connectivity index (χ0v) is 12.3. The predicted molar refractivity (Wildman–Crippen MR) is 81.6 cm³/mol. The van der Waals surface area contributed by atoms with E-state index in [2.05, 4.69) is 15.6 Å². The predicted octanol–water partition coefficient (Wildman–Crippen LogP) is 3.45. The molecule has 2 aromatic rings. The van der Waals surface area contributed by atoms with E-state index in [4.69, 9.17) is 0 Å². The van der Waals surface area contributed by atoms with Gasteiger partial charge in [0.05, 0.1) is 17.1 Å². The number of hydrogen-bond acceptors (Lipinski definition) is 2. The largest absolute Gasteiger partial charge is 0.393 e. The van der Waals surface area contributed by atoms with E-state index in [1.807, 2.05) is 25.2 Å². The molecule has 0 spiro atoms. The third kappa shape index (κ3) is 2.88. The van der Waals surface area contributed by atoms with Crippen molar-refractivity contribution in [3.05, 3.63) is 30.1 Å². The fourth-order valence-corrected chi connectivity index (χ4v) is 3.48. The molecule has 1 N–H and O–H groups in total. The number of imidazole rings is 1. The average Bonchev–Trinajstić information content (AvgIpc) is 2.77. The van der Waals surface area contributed by atoms with Crippen LogP contribution in [-0.2, 0) is 13.5 Å². The number of rotatable bonds is 4. The molecule has 0 bridgehead atoms. The zero-order valence-electron chi connectivity index (χ0n) is 12.3. The molecule has 1 atom stereocenters. The first-order chi connectivity index (χ1) is 9.74. The molecule has 3 heteroatoms. The Balaban J connectivity index is 1.67. The van der Waals surface area contributed by atoms with Crippen LogP contribution in [0.25, 0.3) is 11.0 Å². The summed E-state index contributed by atoms with van der Waals surface area (Å²) in [6.07, 6.45) is 7.98. The Morgan fingerprint density at radius 2 is 2.00 bits per heavy atom. The van der Waals surface area contributed by atoms with E-state index < -0.39 is 0 Å². The van der Waals surface area contributed by atoms with Crippen LogP contribution in [0.1, 0.15) is 44.3 Å². The van der Waals surface area contributed by atoms with Gasteiger partial charge >= 0.3 is 0 Å². The minimum atomic E-state index is -0.256. The molecule has 3 nitrogen and oxygen atoms in total. The van der Waals surface area contributed by atoms with Crippen LogP contribution in [0.4, 0.5) is 0 Å². The minimum absolute atomic E-state index is 0.256. The van der Waals surface area contributed by atoms with Crippen LogP contribution in [0.15, 0.2) is 24.3 Å². The Kier molecular flexibility index (Phi) is 4.06. The van der Waals surface area contributed by atoms with Crippen molar-refractivity contribution >= 4 is 11.0 Å². The maximum Gasteiger partial charge on any atom is 0.112 e. The van der Waals surface area contributed by atoms with Gasteiger partial charge in [0, 0.05) is 13.5 Å². The highest BCUT2D eigenvalue weighted by Gasteiger charge is 2.19. The summed E-state index contributed by atoms with van der Waals surface area (Å²) >= 11 is 0. The van der Waals surface area contributed by atoms with Crippen molar-refractivity contribution in [1.29, 1.82) is 0 Å². The van der Waals surface area contributed by atoms with Gasteiger partial charge in [-0.05, 0) is 24.5 Å². The number of fused-ring (bicyclic) bond motifs is 1. The SMILES string of the molecule is Cn1c(CC(O)CC2CCCCC2)nc2ccccc21. The first-order valence-electron chi connectivity index (χ1n) is 7.82. The first kappa shape index (κ1) is 13.6. The number of para-hydroxylation sites is 2. The molecule has 0 amide bonds. The van der Waals surface area contributed by atoms with Crippen molar-refractivity contribution < 1.29 is 5.11 Å². The Hall–Kier alpha value is -1.35. The second-order valence-corrected chi connectivity index (χ2v) is 6.17. The third-order valence-electron chi connectivity index (χ3n) is 4.63. The number of aliphatic hydroxyl groups is 1. The van der Waals surface area contributed by atoms with E-state index in [1.165, 1.54) is 32.1 Å². The van der Waals surface area contributed by atoms with Gasteiger partial charge in [0.2, 0.25) is 0 Å². The molecule has 1 unspecified atom stereocenters. The van der Waals surface area contributed by atoms with E-state index in [-0.39, 0.29) is 6.10 Å². The van der Waals surface area contributed by atoms with Crippen molar-refractivity contribution in [2.24, 2.45) is 13.0 Å². The summed E-state index contributed by atoms with van der Waals surface area (Å²) < 4.78 is 2.11. The summed E-state index contributed by atoms with van der Waals surface area (Å²) in [5, 5.41) is 10.4. The smallest absolute Gasteiger partial charge is 0.112 e. The summed E-state index contributed by atoms with van der Waals surface area (Å²) in [6, 6.07) is 8.16. The van der Waals surface area contributed by atoms with Crippen LogP contribution in [-0.4, -0.2) is 20.8 Å². The molecule has 20 heavy (non-hydrogen) atoms. The maximum absolute atomic E-state index is 10.4. The molecule has 1 aromatic heterocycles. The third-order valence-corrected chi connectivity index (χ3v) is 4.63. The quantitative estimate of drug-likeness (QED) is 0.925. The zero-order chi connectivity index (χ0) is 13.9. The normalized spacial score (nSPS) is 18.5. The molecule has 1 saturated carbocycles. The number of aliphatic hydroxyl groups excluding tert-OH is 1. The van der Waals surface area contributed by atoms with Gasteiger partial charge in [-0.15, -0.1) is 0 Å². The monoisotopic (exact) mass is 272 g/mol. The number of aryl methyl sites for hydroxylation is 1. The van der Waals surface area contributed by atoms with Gasteiger partial charge in [-0.1, -0.05) is 44.2 Å². The fraction of sp³-hybridized carbons (Fsp3) is 0.588. The molecular weight excluding hydrogens is 248 g/mol. The fourth-order valence-electron chi connectivity index (χ4n) is 3.48. The van der Waals surface area contributed by atoms with Gasteiger partial charge < -0.3 is 9.67 Å². The standard InChI is InChI=1S/C17H24N2O/c1-19-16-10-6-5-9-15(16)18-17(19)12-14(20)11-13-7-3-2-4-8-13/h5-6,9-10,13-14,20H,2-4,7-8,11-12H2,1H3. The van der Waals surface area contributed by atoms with Gasteiger partial charge in [0.1, 0.15) is 5.82 Å². The van der Waals surface area contributed by atoms with Gasteiger partial charge in [-0.2, -0.15) is 0 Å².